The molecule has 2 aliphatic rings. The van der Waals surface area contributed by atoms with Crippen LogP contribution in [-0.2, 0) is 4.79 Å². The van der Waals surface area contributed by atoms with E-state index in [2.05, 4.69) is 20.3 Å². The number of nitrogens with two attached hydrogens (primary N) is 1. The molecule has 4 aromatic rings. The van der Waals surface area contributed by atoms with Crippen LogP contribution in [0.1, 0.15) is 30.9 Å². The zero-order valence-electron chi connectivity index (χ0n) is 22.8. The number of fused-ring (bicyclic) bond motifs is 1. The smallest absolute Gasteiger partial charge is 0.429 e. The molecule has 0 amide bonds. The fourth-order valence-corrected chi connectivity index (χ4v) is 5.91. The number of aromatic nitrogens is 3. The van der Waals surface area contributed by atoms with E-state index in [0.717, 1.165) is 6.20 Å². The van der Waals surface area contributed by atoms with E-state index in [4.69, 9.17) is 10.5 Å². The van der Waals surface area contributed by atoms with E-state index in [1.54, 1.807) is 30.3 Å². The Labute approximate surface area is 243 Å². The van der Waals surface area contributed by atoms with Crippen LogP contribution in [0.15, 0.2) is 60.8 Å². The van der Waals surface area contributed by atoms with Gasteiger partial charge in [0.25, 0.3) is 0 Å². The van der Waals surface area contributed by atoms with Crippen molar-refractivity contribution < 1.29 is 32.2 Å². The van der Waals surface area contributed by atoms with Crippen molar-refractivity contribution in [2.75, 3.05) is 30.3 Å². The number of rotatable bonds is 6. The molecule has 4 N–H and O–H groups in total. The minimum Gasteiger partial charge on any atom is -0.480 e. The highest BCUT2D eigenvalue weighted by atomic mass is 19.4. The Morgan fingerprint density at radius 3 is 2.47 bits per heavy atom. The van der Waals surface area contributed by atoms with E-state index in [9.17, 15) is 27.5 Å². The summed E-state index contributed by atoms with van der Waals surface area (Å²) >= 11 is 0. The first-order chi connectivity index (χ1) is 20.5. The molecule has 1 unspecified atom stereocenters. The van der Waals surface area contributed by atoms with Gasteiger partial charge in [-0.2, -0.15) is 23.1 Å². The molecule has 4 heterocycles. The lowest BCUT2D eigenvalue weighted by Gasteiger charge is -2.39. The molecular formula is C30H28F4N6O3. The lowest BCUT2D eigenvalue weighted by atomic mass is 9.76. The molecular weight excluding hydrogens is 568 g/mol. The highest BCUT2D eigenvalue weighted by Gasteiger charge is 2.45. The third-order valence-corrected chi connectivity index (χ3v) is 8.24. The molecule has 1 spiro atoms. The molecule has 2 saturated heterocycles. The van der Waals surface area contributed by atoms with Crippen molar-refractivity contribution in [2.45, 2.75) is 37.6 Å². The molecule has 0 bridgehead atoms. The topological polar surface area (TPSA) is 126 Å². The maximum absolute atomic E-state index is 14.2. The maximum Gasteiger partial charge on any atom is 0.429 e. The molecule has 13 heteroatoms. The number of nitrogens with one attached hydrogen (secondary N) is 1. The molecule has 6 rings (SSSR count). The van der Waals surface area contributed by atoms with Gasteiger partial charge in [-0.25, -0.2) is 4.39 Å². The van der Waals surface area contributed by atoms with Crippen LogP contribution in [0.3, 0.4) is 0 Å². The average molecular weight is 597 g/mol. The SMILES string of the molecule is Nc1nc(O[C@H](c2ccc(-c3ccc4ncc(F)cc4c3)cc2)C(F)(F)F)cc(N2CCC3(CC2)CNC(C(=O)O)C3)n1. The fraction of sp³-hybridized carbons (Fsp3) is 0.333. The predicted molar refractivity (Wildman–Crippen MR) is 151 cm³/mol. The van der Waals surface area contributed by atoms with Crippen molar-refractivity contribution in [3.05, 3.63) is 72.2 Å². The summed E-state index contributed by atoms with van der Waals surface area (Å²) in [4.78, 5) is 25.4. The minimum atomic E-state index is -4.76. The fourth-order valence-electron chi connectivity index (χ4n) is 5.91. The van der Waals surface area contributed by atoms with E-state index < -0.39 is 30.1 Å². The molecule has 0 radical (unpaired) electrons. The Morgan fingerprint density at radius 1 is 1.07 bits per heavy atom. The van der Waals surface area contributed by atoms with Gasteiger partial charge in [-0.1, -0.05) is 30.3 Å². The van der Waals surface area contributed by atoms with Gasteiger partial charge in [-0.05, 0) is 54.0 Å². The Morgan fingerprint density at radius 2 is 1.79 bits per heavy atom. The van der Waals surface area contributed by atoms with Gasteiger partial charge in [0.15, 0.2) is 0 Å². The lowest BCUT2D eigenvalue weighted by molar-refractivity contribution is -0.198. The summed E-state index contributed by atoms with van der Waals surface area (Å²) in [5, 5.41) is 13.0. The van der Waals surface area contributed by atoms with E-state index in [1.165, 1.54) is 24.3 Å². The molecule has 43 heavy (non-hydrogen) atoms. The van der Waals surface area contributed by atoms with Crippen molar-refractivity contribution in [3.8, 4) is 17.0 Å². The number of hydrogen-bond donors (Lipinski definition) is 3. The van der Waals surface area contributed by atoms with E-state index in [0.29, 0.717) is 66.7 Å². The number of benzene rings is 2. The highest BCUT2D eigenvalue weighted by Crippen LogP contribution is 2.41. The highest BCUT2D eigenvalue weighted by molar-refractivity contribution is 5.84. The standard InChI is InChI=1S/C30H28F4N6O3/c31-21-12-20-11-19(5-6-22(20)36-15-21)17-1-3-18(4-2-17)26(30(32,33)34)43-25-13-24(38-28(35)39-25)40-9-7-29(8-10-40)14-23(27(41)42)37-16-29/h1-6,11-13,15,23,26,37H,7-10,14,16H2,(H,41,42)(H2,35,38,39)/t23?,26-/m1/s1. The van der Waals surface area contributed by atoms with Gasteiger partial charge in [-0.15, -0.1) is 0 Å². The molecule has 0 aliphatic carbocycles. The second kappa shape index (κ2) is 11.0. The van der Waals surface area contributed by atoms with E-state index >= 15 is 0 Å². The summed E-state index contributed by atoms with van der Waals surface area (Å²) in [6, 6.07) is 13.1. The van der Waals surface area contributed by atoms with Crippen LogP contribution >= 0.6 is 0 Å². The van der Waals surface area contributed by atoms with Crippen molar-refractivity contribution in [1.29, 1.82) is 0 Å². The van der Waals surface area contributed by atoms with Crippen LogP contribution < -0.4 is 20.7 Å². The van der Waals surface area contributed by atoms with Crippen molar-refractivity contribution in [3.63, 3.8) is 0 Å². The summed E-state index contributed by atoms with van der Waals surface area (Å²) in [5.41, 5.74) is 7.53. The summed E-state index contributed by atoms with van der Waals surface area (Å²) in [6.07, 6.45) is -4.04. The summed E-state index contributed by atoms with van der Waals surface area (Å²) in [6.45, 7) is 1.66. The molecule has 224 valence electrons. The molecule has 9 nitrogen and oxygen atoms in total. The van der Waals surface area contributed by atoms with Crippen LogP contribution in [0.2, 0.25) is 0 Å². The third kappa shape index (κ3) is 6.03. The van der Waals surface area contributed by atoms with E-state index in [-0.39, 0.29) is 22.8 Å². The number of nitrogens with zero attached hydrogens (tertiary/aromatic N) is 4. The number of carboxylic acid groups (broad SMARTS) is 1. The number of alkyl halides is 3. The zero-order chi connectivity index (χ0) is 30.4. The predicted octanol–water partition coefficient (Wildman–Crippen LogP) is 5.13. The maximum atomic E-state index is 14.2. The average Bonchev–Trinajstić information content (AvgIpc) is 3.39. The first-order valence-corrected chi connectivity index (χ1v) is 13.7. The number of hydrogen-bond acceptors (Lipinski definition) is 8. The minimum absolute atomic E-state index is 0.134. The van der Waals surface area contributed by atoms with Crippen LogP contribution in [0.4, 0.5) is 29.3 Å². The normalized spacial score (nSPS) is 19.1. The van der Waals surface area contributed by atoms with Gasteiger partial charge in [0.1, 0.15) is 17.7 Å². The Hall–Kier alpha value is -4.52. The number of carbonyl (C=O) groups is 1. The summed E-state index contributed by atoms with van der Waals surface area (Å²) in [7, 11) is 0. The zero-order valence-corrected chi connectivity index (χ0v) is 22.8. The first-order valence-electron chi connectivity index (χ1n) is 13.7. The van der Waals surface area contributed by atoms with Gasteiger partial charge < -0.3 is 25.8 Å². The number of pyridine rings is 1. The van der Waals surface area contributed by atoms with Crippen LogP contribution in [0, 0.1) is 11.2 Å². The number of ether oxygens (including phenoxy) is 1. The first kappa shape index (κ1) is 28.6. The van der Waals surface area contributed by atoms with Crippen LogP contribution in [-0.4, -0.2) is 57.9 Å². The quantitative estimate of drug-likeness (QED) is 0.260. The number of aliphatic carboxylic acids is 1. The molecule has 2 aliphatic heterocycles. The monoisotopic (exact) mass is 596 g/mol. The summed E-state index contributed by atoms with van der Waals surface area (Å²) < 4.78 is 61.8. The number of halogens is 4. The largest absolute Gasteiger partial charge is 0.480 e. The molecule has 2 aromatic carbocycles. The van der Waals surface area contributed by atoms with Crippen LogP contribution in [0.25, 0.3) is 22.0 Å². The lowest BCUT2D eigenvalue weighted by Crippen LogP contribution is -2.41. The van der Waals surface area contributed by atoms with Crippen molar-refractivity contribution >= 4 is 28.6 Å². The Bertz CT molecular complexity index is 1660. The Balaban J connectivity index is 1.19. The van der Waals surface area contributed by atoms with E-state index in [1.807, 2.05) is 4.90 Å². The molecule has 2 atom stereocenters. The van der Waals surface area contributed by atoms with Gasteiger partial charge in [-0.3, -0.25) is 9.78 Å². The number of piperidine rings is 1. The Kier molecular flexibility index (Phi) is 7.28. The molecule has 2 fully saturated rings. The molecule has 2 aromatic heterocycles. The number of anilines is 2. The second-order valence-corrected chi connectivity index (χ2v) is 11.1. The number of nitrogen functional groups attached to an aromatic ring is 1. The van der Waals surface area contributed by atoms with Gasteiger partial charge in [0.05, 0.1) is 11.7 Å². The van der Waals surface area contributed by atoms with Crippen molar-refractivity contribution in [2.24, 2.45) is 5.41 Å². The third-order valence-electron chi connectivity index (χ3n) is 8.24. The van der Waals surface area contributed by atoms with Gasteiger partial charge in [0, 0.05) is 36.7 Å². The second-order valence-electron chi connectivity index (χ2n) is 11.1. The van der Waals surface area contributed by atoms with Gasteiger partial charge >= 0.3 is 12.1 Å². The van der Waals surface area contributed by atoms with Gasteiger partial charge in [0.2, 0.25) is 17.9 Å². The number of carboxylic acids is 1. The molecule has 0 saturated carbocycles. The van der Waals surface area contributed by atoms with Crippen molar-refractivity contribution in [1.82, 2.24) is 20.3 Å². The summed E-state index contributed by atoms with van der Waals surface area (Å²) in [5.74, 6) is -1.55. The van der Waals surface area contributed by atoms with Crippen LogP contribution in [0.5, 0.6) is 5.88 Å².